The molecule has 0 unspecified atom stereocenters. The molecule has 6 heteroatoms. The SMILES string of the molecule is COc1ccc(S(=O)(=O)c2c[nH]c3ccccc23)cc1OC. The monoisotopic (exact) mass is 317 g/mol. The molecule has 0 aliphatic heterocycles. The molecule has 0 aliphatic carbocycles. The van der Waals surface area contributed by atoms with Crippen LogP contribution >= 0.6 is 0 Å². The van der Waals surface area contributed by atoms with Gasteiger partial charge in [0.2, 0.25) is 9.84 Å². The fourth-order valence-electron chi connectivity index (χ4n) is 2.38. The normalized spacial score (nSPS) is 11.5. The third-order valence-corrected chi connectivity index (χ3v) is 5.30. The fraction of sp³-hybridized carbons (Fsp3) is 0.125. The highest BCUT2D eigenvalue weighted by molar-refractivity contribution is 7.91. The second kappa shape index (κ2) is 5.38. The molecule has 0 atom stereocenters. The van der Waals surface area contributed by atoms with Gasteiger partial charge < -0.3 is 14.5 Å². The quantitative estimate of drug-likeness (QED) is 0.803. The molecule has 1 heterocycles. The predicted octanol–water partition coefficient (Wildman–Crippen LogP) is 3.02. The second-order valence-corrected chi connectivity index (χ2v) is 6.64. The van der Waals surface area contributed by atoms with Gasteiger partial charge in [0.1, 0.15) is 0 Å². The molecule has 0 amide bonds. The Morgan fingerprint density at radius 3 is 2.41 bits per heavy atom. The van der Waals surface area contributed by atoms with Gasteiger partial charge in [0, 0.05) is 23.2 Å². The van der Waals surface area contributed by atoms with E-state index in [-0.39, 0.29) is 9.79 Å². The first kappa shape index (κ1) is 14.5. The van der Waals surface area contributed by atoms with E-state index in [2.05, 4.69) is 4.98 Å². The van der Waals surface area contributed by atoms with Crippen LogP contribution in [0.2, 0.25) is 0 Å². The summed E-state index contributed by atoms with van der Waals surface area (Å²) in [6.07, 6.45) is 1.51. The number of aromatic nitrogens is 1. The van der Waals surface area contributed by atoms with Gasteiger partial charge in [-0.25, -0.2) is 8.42 Å². The highest BCUT2D eigenvalue weighted by Gasteiger charge is 2.23. The molecule has 22 heavy (non-hydrogen) atoms. The number of fused-ring (bicyclic) bond motifs is 1. The Labute approximate surface area is 128 Å². The fourth-order valence-corrected chi connectivity index (χ4v) is 3.82. The van der Waals surface area contributed by atoms with Crippen LogP contribution in [0.5, 0.6) is 11.5 Å². The number of hydrogen-bond donors (Lipinski definition) is 1. The molecule has 1 N–H and O–H groups in total. The number of H-pyrrole nitrogens is 1. The molecule has 2 aromatic carbocycles. The molecule has 3 aromatic rings. The molecule has 0 saturated carbocycles. The van der Waals surface area contributed by atoms with Crippen LogP contribution < -0.4 is 9.47 Å². The highest BCUT2D eigenvalue weighted by atomic mass is 32.2. The smallest absolute Gasteiger partial charge is 0.208 e. The number of nitrogens with one attached hydrogen (secondary N) is 1. The second-order valence-electron chi connectivity index (χ2n) is 4.72. The molecule has 0 fully saturated rings. The van der Waals surface area contributed by atoms with Crippen molar-refractivity contribution in [1.82, 2.24) is 4.98 Å². The average Bonchev–Trinajstić information content (AvgIpc) is 2.98. The lowest BCUT2D eigenvalue weighted by Gasteiger charge is -2.10. The van der Waals surface area contributed by atoms with Crippen LogP contribution in [0, 0.1) is 0 Å². The molecule has 0 bridgehead atoms. The Morgan fingerprint density at radius 2 is 1.68 bits per heavy atom. The van der Waals surface area contributed by atoms with E-state index in [1.165, 1.54) is 32.5 Å². The van der Waals surface area contributed by atoms with E-state index in [0.29, 0.717) is 16.9 Å². The molecule has 0 saturated heterocycles. The van der Waals surface area contributed by atoms with E-state index < -0.39 is 9.84 Å². The van der Waals surface area contributed by atoms with Gasteiger partial charge in [-0.1, -0.05) is 18.2 Å². The molecular formula is C16H15NO4S. The highest BCUT2D eigenvalue weighted by Crippen LogP contribution is 2.33. The van der Waals surface area contributed by atoms with Gasteiger partial charge in [-0.3, -0.25) is 0 Å². The van der Waals surface area contributed by atoms with E-state index in [4.69, 9.17) is 9.47 Å². The van der Waals surface area contributed by atoms with Crippen molar-refractivity contribution >= 4 is 20.7 Å². The van der Waals surface area contributed by atoms with Crippen molar-refractivity contribution in [1.29, 1.82) is 0 Å². The van der Waals surface area contributed by atoms with Crippen molar-refractivity contribution in [3.63, 3.8) is 0 Å². The van der Waals surface area contributed by atoms with E-state index >= 15 is 0 Å². The maximum absolute atomic E-state index is 12.9. The standard InChI is InChI=1S/C16H15NO4S/c1-20-14-8-7-11(9-15(14)21-2)22(18,19)16-10-17-13-6-4-3-5-12(13)16/h3-10,17H,1-2H3. The Kier molecular flexibility index (Phi) is 3.54. The van der Waals surface area contributed by atoms with E-state index in [1.807, 2.05) is 18.2 Å². The van der Waals surface area contributed by atoms with Gasteiger partial charge in [-0.15, -0.1) is 0 Å². The summed E-state index contributed by atoms with van der Waals surface area (Å²) in [5.41, 5.74) is 0.779. The third kappa shape index (κ3) is 2.21. The summed E-state index contributed by atoms with van der Waals surface area (Å²) in [4.78, 5) is 3.39. The molecule has 0 spiro atoms. The summed E-state index contributed by atoms with van der Waals surface area (Å²) in [6.45, 7) is 0. The molecule has 1 aromatic heterocycles. The first-order chi connectivity index (χ1) is 10.6. The number of para-hydroxylation sites is 1. The first-order valence-corrected chi connectivity index (χ1v) is 8.09. The van der Waals surface area contributed by atoms with Gasteiger partial charge in [0.15, 0.2) is 11.5 Å². The van der Waals surface area contributed by atoms with Crippen LogP contribution in [0.15, 0.2) is 58.5 Å². The summed E-state index contributed by atoms with van der Waals surface area (Å²) < 4.78 is 36.0. The average molecular weight is 317 g/mol. The minimum Gasteiger partial charge on any atom is -0.493 e. The molecule has 3 rings (SSSR count). The molecule has 5 nitrogen and oxygen atoms in total. The van der Waals surface area contributed by atoms with Crippen molar-refractivity contribution in [2.24, 2.45) is 0 Å². The van der Waals surface area contributed by atoms with Crippen LogP contribution in [-0.4, -0.2) is 27.6 Å². The molecular weight excluding hydrogens is 302 g/mol. The van der Waals surface area contributed by atoms with Gasteiger partial charge in [0.05, 0.1) is 24.0 Å². The number of sulfone groups is 1. The van der Waals surface area contributed by atoms with E-state index in [9.17, 15) is 8.42 Å². The van der Waals surface area contributed by atoms with Gasteiger partial charge >= 0.3 is 0 Å². The van der Waals surface area contributed by atoms with Gasteiger partial charge in [-0.05, 0) is 18.2 Å². The Bertz CT molecular complexity index is 928. The van der Waals surface area contributed by atoms with Crippen LogP contribution in [-0.2, 0) is 9.84 Å². The molecule has 0 radical (unpaired) electrons. The van der Waals surface area contributed by atoms with Crippen LogP contribution in [0.1, 0.15) is 0 Å². The Balaban J connectivity index is 2.18. The van der Waals surface area contributed by atoms with E-state index in [0.717, 1.165) is 5.52 Å². The summed E-state index contributed by atoms with van der Waals surface area (Å²) in [6, 6.07) is 11.8. The van der Waals surface area contributed by atoms with Crippen molar-refractivity contribution in [2.75, 3.05) is 14.2 Å². The number of methoxy groups -OCH3 is 2. The lowest BCUT2D eigenvalue weighted by atomic mass is 10.2. The maximum Gasteiger partial charge on any atom is 0.208 e. The minimum atomic E-state index is -3.65. The van der Waals surface area contributed by atoms with Crippen molar-refractivity contribution < 1.29 is 17.9 Å². The Hall–Kier alpha value is -2.47. The van der Waals surface area contributed by atoms with Crippen LogP contribution in [0.25, 0.3) is 10.9 Å². The van der Waals surface area contributed by atoms with Crippen molar-refractivity contribution in [3.8, 4) is 11.5 Å². The summed E-state index contributed by atoms with van der Waals surface area (Å²) >= 11 is 0. The number of aromatic amines is 1. The summed E-state index contributed by atoms with van der Waals surface area (Å²) in [7, 11) is -0.669. The zero-order valence-electron chi connectivity index (χ0n) is 12.2. The number of ether oxygens (including phenoxy) is 2. The Morgan fingerprint density at radius 1 is 0.955 bits per heavy atom. The predicted molar refractivity (Wildman–Crippen MR) is 83.3 cm³/mol. The maximum atomic E-state index is 12.9. The lowest BCUT2D eigenvalue weighted by Crippen LogP contribution is -2.02. The zero-order valence-corrected chi connectivity index (χ0v) is 13.0. The van der Waals surface area contributed by atoms with E-state index in [1.54, 1.807) is 12.1 Å². The molecule has 0 aliphatic rings. The zero-order chi connectivity index (χ0) is 15.7. The number of rotatable bonds is 4. The van der Waals surface area contributed by atoms with Gasteiger partial charge in [-0.2, -0.15) is 0 Å². The van der Waals surface area contributed by atoms with Crippen molar-refractivity contribution in [3.05, 3.63) is 48.7 Å². The third-order valence-electron chi connectivity index (χ3n) is 3.51. The number of hydrogen-bond acceptors (Lipinski definition) is 4. The van der Waals surface area contributed by atoms with Gasteiger partial charge in [0.25, 0.3) is 0 Å². The van der Waals surface area contributed by atoms with Crippen LogP contribution in [0.4, 0.5) is 0 Å². The first-order valence-electron chi connectivity index (χ1n) is 6.61. The minimum absolute atomic E-state index is 0.162. The summed E-state index contributed by atoms with van der Waals surface area (Å²) in [5.74, 6) is 0.865. The van der Waals surface area contributed by atoms with Crippen molar-refractivity contribution in [2.45, 2.75) is 9.79 Å². The largest absolute Gasteiger partial charge is 0.493 e. The van der Waals surface area contributed by atoms with Crippen LogP contribution in [0.3, 0.4) is 0 Å². The molecule has 114 valence electrons. The lowest BCUT2D eigenvalue weighted by molar-refractivity contribution is 0.354. The summed E-state index contributed by atoms with van der Waals surface area (Å²) in [5, 5.41) is 0.664. The number of benzene rings is 2. The topological polar surface area (TPSA) is 68.4 Å².